The predicted octanol–water partition coefficient (Wildman–Crippen LogP) is 4.47. The van der Waals surface area contributed by atoms with E-state index in [1.807, 2.05) is 24.4 Å². The number of benzene rings is 1. The van der Waals surface area contributed by atoms with Crippen LogP contribution in [0.4, 0.5) is 23.1 Å². The number of pyridine rings is 1. The summed E-state index contributed by atoms with van der Waals surface area (Å²) < 4.78 is 5.45. The second-order valence-electron chi connectivity index (χ2n) is 8.10. The number of nitrogens with zero attached hydrogens (tertiary/aromatic N) is 4. The molecule has 1 aliphatic heterocycles. The molecule has 0 spiro atoms. The summed E-state index contributed by atoms with van der Waals surface area (Å²) in [6.45, 7) is 3.44. The Balaban J connectivity index is 1.38. The van der Waals surface area contributed by atoms with Gasteiger partial charge >= 0.3 is 0 Å². The summed E-state index contributed by atoms with van der Waals surface area (Å²) in [5.41, 5.74) is 4.05. The second kappa shape index (κ2) is 9.31. The summed E-state index contributed by atoms with van der Waals surface area (Å²) in [6.07, 6.45) is 8.49. The molecule has 2 fully saturated rings. The molecule has 7 nitrogen and oxygen atoms in total. The van der Waals surface area contributed by atoms with Gasteiger partial charge in [-0.1, -0.05) is 12.8 Å². The molecule has 0 atom stereocenters. The maximum atomic E-state index is 5.45. The van der Waals surface area contributed by atoms with Crippen molar-refractivity contribution >= 4 is 23.1 Å². The molecule has 1 aliphatic carbocycles. The van der Waals surface area contributed by atoms with Crippen LogP contribution in [-0.4, -0.2) is 47.3 Å². The predicted molar refractivity (Wildman–Crippen MR) is 124 cm³/mol. The number of nitrogens with one attached hydrogen (secondary N) is 2. The smallest absolute Gasteiger partial charge is 0.225 e. The van der Waals surface area contributed by atoms with E-state index in [1.165, 1.54) is 31.4 Å². The van der Waals surface area contributed by atoms with Crippen molar-refractivity contribution in [3.05, 3.63) is 54.9 Å². The summed E-state index contributed by atoms with van der Waals surface area (Å²) in [6, 6.07) is 14.9. The van der Waals surface area contributed by atoms with Gasteiger partial charge in [0, 0.05) is 54.5 Å². The lowest BCUT2D eigenvalue weighted by Gasteiger charge is -2.28. The quantitative estimate of drug-likeness (QED) is 0.614. The minimum absolute atomic E-state index is 0.449. The normalized spacial score (nSPS) is 17.0. The molecule has 3 aromatic rings. The van der Waals surface area contributed by atoms with Gasteiger partial charge in [0.05, 0.1) is 18.9 Å². The molecule has 31 heavy (non-hydrogen) atoms. The van der Waals surface area contributed by atoms with Crippen LogP contribution in [0.3, 0.4) is 0 Å². The summed E-state index contributed by atoms with van der Waals surface area (Å²) in [5, 5.41) is 6.98. The molecule has 1 saturated carbocycles. The highest BCUT2D eigenvalue weighted by Crippen LogP contribution is 2.27. The molecule has 2 aromatic heterocycles. The van der Waals surface area contributed by atoms with E-state index in [2.05, 4.69) is 44.8 Å². The Morgan fingerprint density at radius 2 is 1.77 bits per heavy atom. The van der Waals surface area contributed by atoms with Crippen molar-refractivity contribution in [2.24, 2.45) is 0 Å². The lowest BCUT2D eigenvalue weighted by Crippen LogP contribution is -2.36. The van der Waals surface area contributed by atoms with Crippen LogP contribution < -0.4 is 15.5 Å². The Hall–Kier alpha value is -3.19. The lowest BCUT2D eigenvalue weighted by molar-refractivity contribution is 0.122. The highest BCUT2D eigenvalue weighted by Gasteiger charge is 2.17. The van der Waals surface area contributed by atoms with E-state index < -0.39 is 0 Å². The van der Waals surface area contributed by atoms with Crippen LogP contribution in [-0.2, 0) is 4.74 Å². The lowest BCUT2D eigenvalue weighted by atomic mass is 10.2. The first-order valence-electron chi connectivity index (χ1n) is 11.1. The third-order valence-electron chi connectivity index (χ3n) is 5.89. The van der Waals surface area contributed by atoms with Crippen molar-refractivity contribution in [3.63, 3.8) is 0 Å². The molecule has 160 valence electrons. The Kier molecular flexibility index (Phi) is 5.93. The number of morpholine rings is 1. The van der Waals surface area contributed by atoms with Gasteiger partial charge in [-0.25, -0.2) is 4.98 Å². The van der Waals surface area contributed by atoms with Gasteiger partial charge < -0.3 is 20.3 Å². The molecular weight excluding hydrogens is 388 g/mol. The largest absolute Gasteiger partial charge is 0.378 e. The Morgan fingerprint density at radius 1 is 0.968 bits per heavy atom. The summed E-state index contributed by atoms with van der Waals surface area (Å²) in [4.78, 5) is 16.1. The standard InChI is InChI=1S/C24H28N6O/c1-2-6-19(5-1)27-24-28-22(18-4-3-11-25-17-18)16-23(29-24)26-20-7-9-21(10-8-20)30-12-14-31-15-13-30/h3-4,7-11,16-17,19H,1-2,5-6,12-15H2,(H2,26,27,28,29). The number of ether oxygens (including phenoxy) is 1. The zero-order valence-electron chi connectivity index (χ0n) is 17.6. The van der Waals surface area contributed by atoms with Gasteiger partial charge in [-0.05, 0) is 49.2 Å². The van der Waals surface area contributed by atoms with Gasteiger partial charge in [-0.15, -0.1) is 0 Å². The van der Waals surface area contributed by atoms with Crippen molar-refractivity contribution in [3.8, 4) is 11.3 Å². The van der Waals surface area contributed by atoms with Gasteiger partial charge in [0.1, 0.15) is 5.82 Å². The first kappa shape index (κ1) is 19.8. The van der Waals surface area contributed by atoms with Crippen LogP contribution in [0.25, 0.3) is 11.3 Å². The van der Waals surface area contributed by atoms with E-state index in [9.17, 15) is 0 Å². The van der Waals surface area contributed by atoms with Crippen LogP contribution in [0.5, 0.6) is 0 Å². The molecule has 0 bridgehead atoms. The van der Waals surface area contributed by atoms with Crippen molar-refractivity contribution < 1.29 is 4.74 Å². The van der Waals surface area contributed by atoms with Gasteiger partial charge in [-0.2, -0.15) is 4.98 Å². The maximum absolute atomic E-state index is 5.45. The summed E-state index contributed by atoms with van der Waals surface area (Å²) in [7, 11) is 0. The highest BCUT2D eigenvalue weighted by molar-refractivity contribution is 5.68. The topological polar surface area (TPSA) is 75.2 Å². The number of hydrogen-bond donors (Lipinski definition) is 2. The van der Waals surface area contributed by atoms with E-state index in [0.717, 1.165) is 49.1 Å². The molecule has 5 rings (SSSR count). The minimum atomic E-state index is 0.449. The molecule has 0 unspecified atom stereocenters. The fourth-order valence-corrected chi connectivity index (χ4v) is 4.22. The third-order valence-corrected chi connectivity index (χ3v) is 5.89. The van der Waals surface area contributed by atoms with Crippen molar-refractivity contribution in [2.75, 3.05) is 41.8 Å². The van der Waals surface area contributed by atoms with E-state index >= 15 is 0 Å². The van der Waals surface area contributed by atoms with Crippen molar-refractivity contribution in [2.45, 2.75) is 31.7 Å². The Labute approximate surface area is 182 Å². The molecule has 0 radical (unpaired) electrons. The fourth-order valence-electron chi connectivity index (χ4n) is 4.22. The zero-order chi connectivity index (χ0) is 20.9. The number of aromatic nitrogens is 3. The first-order chi connectivity index (χ1) is 15.3. The molecule has 1 aromatic carbocycles. The fraction of sp³-hybridized carbons (Fsp3) is 0.375. The van der Waals surface area contributed by atoms with Gasteiger partial charge in [0.15, 0.2) is 0 Å². The zero-order valence-corrected chi connectivity index (χ0v) is 17.6. The minimum Gasteiger partial charge on any atom is -0.378 e. The van der Waals surface area contributed by atoms with Crippen LogP contribution in [0.1, 0.15) is 25.7 Å². The van der Waals surface area contributed by atoms with Gasteiger partial charge in [0.2, 0.25) is 5.95 Å². The monoisotopic (exact) mass is 416 g/mol. The first-order valence-corrected chi connectivity index (χ1v) is 11.1. The van der Waals surface area contributed by atoms with E-state index in [0.29, 0.717) is 12.0 Å². The van der Waals surface area contributed by atoms with E-state index in [-0.39, 0.29) is 0 Å². The summed E-state index contributed by atoms with van der Waals surface area (Å²) in [5.74, 6) is 1.44. The SMILES string of the molecule is c1cncc(-c2cc(Nc3ccc(N4CCOCC4)cc3)nc(NC3CCCC3)n2)c1. The Bertz CT molecular complexity index is 983. The number of rotatable bonds is 6. The molecule has 1 saturated heterocycles. The van der Waals surface area contributed by atoms with E-state index in [1.54, 1.807) is 6.20 Å². The average Bonchev–Trinajstić information content (AvgIpc) is 3.34. The highest BCUT2D eigenvalue weighted by atomic mass is 16.5. The van der Waals surface area contributed by atoms with E-state index in [4.69, 9.17) is 14.7 Å². The Morgan fingerprint density at radius 3 is 2.52 bits per heavy atom. The van der Waals surface area contributed by atoms with Crippen LogP contribution >= 0.6 is 0 Å². The molecule has 2 aliphatic rings. The second-order valence-corrected chi connectivity index (χ2v) is 8.10. The molecule has 0 amide bonds. The number of hydrogen-bond acceptors (Lipinski definition) is 7. The maximum Gasteiger partial charge on any atom is 0.225 e. The number of anilines is 4. The average molecular weight is 417 g/mol. The molecular formula is C24H28N6O. The van der Waals surface area contributed by atoms with Gasteiger partial charge in [-0.3, -0.25) is 4.98 Å². The van der Waals surface area contributed by atoms with Crippen molar-refractivity contribution in [1.29, 1.82) is 0 Å². The molecule has 7 heteroatoms. The van der Waals surface area contributed by atoms with Crippen LogP contribution in [0, 0.1) is 0 Å². The van der Waals surface area contributed by atoms with Crippen LogP contribution in [0.2, 0.25) is 0 Å². The summed E-state index contributed by atoms with van der Waals surface area (Å²) >= 11 is 0. The van der Waals surface area contributed by atoms with Gasteiger partial charge in [0.25, 0.3) is 0 Å². The third kappa shape index (κ3) is 4.94. The van der Waals surface area contributed by atoms with Crippen molar-refractivity contribution in [1.82, 2.24) is 15.0 Å². The molecule has 3 heterocycles. The van der Waals surface area contributed by atoms with Crippen LogP contribution in [0.15, 0.2) is 54.9 Å². The molecule has 2 N–H and O–H groups in total.